The van der Waals surface area contributed by atoms with Gasteiger partial charge in [-0.2, -0.15) is 0 Å². The van der Waals surface area contributed by atoms with Gasteiger partial charge in [-0.3, -0.25) is 9.69 Å². The Morgan fingerprint density at radius 2 is 2.27 bits per heavy atom. The number of nitrogens with two attached hydrogens (primary N) is 2. The number of nitrogens with zero attached hydrogens (tertiary/aromatic N) is 3. The van der Waals surface area contributed by atoms with Gasteiger partial charge in [-0.15, -0.1) is 0 Å². The summed E-state index contributed by atoms with van der Waals surface area (Å²) in [6.45, 7) is 2.96. The third-order valence-corrected chi connectivity index (χ3v) is 4.29. The number of benzene rings is 1. The normalized spacial score (nSPS) is 17.3. The Kier molecular flexibility index (Phi) is 5.65. The minimum atomic E-state index is -0.694. The van der Waals surface area contributed by atoms with Crippen LogP contribution in [0.2, 0.25) is 0 Å². The molecule has 1 aliphatic rings. The fourth-order valence-electron chi connectivity index (χ4n) is 2.96. The Hall–Kier alpha value is -2.71. The number of nitrogen functional groups attached to an aromatic ring is 1. The molecule has 0 bridgehead atoms. The summed E-state index contributed by atoms with van der Waals surface area (Å²) in [5.41, 5.74) is 12.4. The van der Waals surface area contributed by atoms with Gasteiger partial charge in [0.1, 0.15) is 12.4 Å². The molecule has 1 aromatic heterocycles. The van der Waals surface area contributed by atoms with Gasteiger partial charge in [0.05, 0.1) is 18.0 Å². The number of aromatic nitrogens is 2. The van der Waals surface area contributed by atoms with Crippen molar-refractivity contribution < 1.29 is 14.6 Å². The quantitative estimate of drug-likeness (QED) is 0.645. The van der Waals surface area contributed by atoms with Crippen molar-refractivity contribution in [1.82, 2.24) is 14.9 Å². The highest BCUT2D eigenvalue weighted by Gasteiger charge is 2.19. The molecular formula is C18H23N5O3. The second-order valence-electron chi connectivity index (χ2n) is 6.38. The SMILES string of the molecule is NC(=O)c1nc(Cc2cccc(OCCN3CCC(O)C3)c2)cnc1N. The van der Waals surface area contributed by atoms with E-state index in [0.717, 1.165) is 30.8 Å². The molecule has 0 aliphatic carbocycles. The molecule has 138 valence electrons. The molecule has 1 atom stereocenters. The molecule has 1 amide bonds. The average Bonchev–Trinajstić information content (AvgIpc) is 3.02. The number of anilines is 1. The summed E-state index contributed by atoms with van der Waals surface area (Å²) >= 11 is 0. The van der Waals surface area contributed by atoms with E-state index in [1.165, 1.54) is 6.20 Å². The maximum Gasteiger partial charge on any atom is 0.271 e. The summed E-state index contributed by atoms with van der Waals surface area (Å²) in [4.78, 5) is 21.7. The topological polar surface area (TPSA) is 128 Å². The Morgan fingerprint density at radius 1 is 1.42 bits per heavy atom. The lowest BCUT2D eigenvalue weighted by atomic mass is 10.1. The lowest BCUT2D eigenvalue weighted by Crippen LogP contribution is -2.27. The average molecular weight is 357 g/mol. The molecule has 26 heavy (non-hydrogen) atoms. The van der Waals surface area contributed by atoms with Crippen LogP contribution in [-0.4, -0.2) is 58.2 Å². The molecule has 0 radical (unpaired) electrons. The first-order valence-corrected chi connectivity index (χ1v) is 8.54. The largest absolute Gasteiger partial charge is 0.492 e. The first-order chi connectivity index (χ1) is 12.5. The van der Waals surface area contributed by atoms with Gasteiger partial charge in [0.2, 0.25) is 0 Å². The van der Waals surface area contributed by atoms with Crippen LogP contribution in [0.15, 0.2) is 30.5 Å². The van der Waals surface area contributed by atoms with E-state index >= 15 is 0 Å². The third-order valence-electron chi connectivity index (χ3n) is 4.29. The predicted octanol–water partition coefficient (Wildman–Crippen LogP) is 0.194. The zero-order chi connectivity index (χ0) is 18.5. The molecular weight excluding hydrogens is 334 g/mol. The van der Waals surface area contributed by atoms with Crippen molar-refractivity contribution in [3.8, 4) is 5.75 Å². The molecule has 0 saturated carbocycles. The van der Waals surface area contributed by atoms with Crippen molar-refractivity contribution in [1.29, 1.82) is 0 Å². The summed E-state index contributed by atoms with van der Waals surface area (Å²) in [6, 6.07) is 7.68. The van der Waals surface area contributed by atoms with E-state index in [1.54, 1.807) is 0 Å². The Morgan fingerprint density at radius 3 is 3.00 bits per heavy atom. The number of carbonyl (C=O) groups is 1. The van der Waals surface area contributed by atoms with Gasteiger partial charge in [0.25, 0.3) is 5.91 Å². The van der Waals surface area contributed by atoms with Crippen LogP contribution < -0.4 is 16.2 Å². The van der Waals surface area contributed by atoms with Crippen molar-refractivity contribution in [2.24, 2.45) is 5.73 Å². The number of hydrogen-bond acceptors (Lipinski definition) is 7. The lowest BCUT2D eigenvalue weighted by molar-refractivity contribution is 0.0996. The molecule has 1 aliphatic heterocycles. The van der Waals surface area contributed by atoms with Gasteiger partial charge in [-0.1, -0.05) is 12.1 Å². The zero-order valence-corrected chi connectivity index (χ0v) is 14.5. The fraction of sp³-hybridized carbons (Fsp3) is 0.389. The maximum absolute atomic E-state index is 11.3. The Balaban J connectivity index is 1.59. The highest BCUT2D eigenvalue weighted by Crippen LogP contribution is 2.17. The molecule has 5 N–H and O–H groups in total. The van der Waals surface area contributed by atoms with E-state index in [0.29, 0.717) is 25.3 Å². The first kappa shape index (κ1) is 18.1. The van der Waals surface area contributed by atoms with Crippen molar-refractivity contribution in [2.75, 3.05) is 32.0 Å². The summed E-state index contributed by atoms with van der Waals surface area (Å²) in [7, 11) is 0. The van der Waals surface area contributed by atoms with Gasteiger partial charge in [0.15, 0.2) is 11.5 Å². The van der Waals surface area contributed by atoms with Crippen LogP contribution in [0, 0.1) is 0 Å². The second kappa shape index (κ2) is 8.11. The van der Waals surface area contributed by atoms with E-state index < -0.39 is 5.91 Å². The number of aliphatic hydroxyl groups excluding tert-OH is 1. The number of primary amides is 1. The number of aliphatic hydroxyl groups is 1. The molecule has 8 heteroatoms. The van der Waals surface area contributed by atoms with E-state index in [1.807, 2.05) is 24.3 Å². The number of β-amino-alcohol motifs (C(OH)–C–C–N with tert-alkyl or cyclic N) is 1. The molecule has 0 spiro atoms. The summed E-state index contributed by atoms with van der Waals surface area (Å²) in [5, 5.41) is 9.53. The molecule has 3 rings (SSSR count). The number of amides is 1. The number of rotatable bonds is 7. The van der Waals surface area contributed by atoms with Gasteiger partial charge >= 0.3 is 0 Å². The third kappa shape index (κ3) is 4.68. The number of hydrogen-bond donors (Lipinski definition) is 3. The van der Waals surface area contributed by atoms with Crippen LogP contribution in [0.5, 0.6) is 5.75 Å². The van der Waals surface area contributed by atoms with Gasteiger partial charge < -0.3 is 21.3 Å². The fourth-order valence-corrected chi connectivity index (χ4v) is 2.96. The molecule has 2 aromatic rings. The standard InChI is InChI=1S/C18H23N5O3/c19-17-16(18(20)25)22-13(10-21-17)8-12-2-1-3-15(9-12)26-7-6-23-5-4-14(24)11-23/h1-3,9-10,14,24H,4-8,11H2,(H2,19,21)(H2,20,25). The summed E-state index contributed by atoms with van der Waals surface area (Å²) < 4.78 is 5.81. The molecule has 1 aromatic carbocycles. The van der Waals surface area contributed by atoms with E-state index in [4.69, 9.17) is 16.2 Å². The van der Waals surface area contributed by atoms with Crippen molar-refractivity contribution in [2.45, 2.75) is 18.9 Å². The van der Waals surface area contributed by atoms with Gasteiger partial charge in [-0.25, -0.2) is 9.97 Å². The van der Waals surface area contributed by atoms with Crippen molar-refractivity contribution in [3.05, 3.63) is 47.4 Å². The molecule has 1 fully saturated rings. The van der Waals surface area contributed by atoms with Crippen molar-refractivity contribution >= 4 is 11.7 Å². The van der Waals surface area contributed by atoms with Crippen LogP contribution in [0.1, 0.15) is 28.2 Å². The molecule has 1 unspecified atom stereocenters. The predicted molar refractivity (Wildman–Crippen MR) is 96.8 cm³/mol. The van der Waals surface area contributed by atoms with E-state index in [9.17, 15) is 9.90 Å². The molecule has 1 saturated heterocycles. The van der Waals surface area contributed by atoms with Gasteiger partial charge in [0, 0.05) is 26.1 Å². The van der Waals surface area contributed by atoms with Crippen LogP contribution in [0.4, 0.5) is 5.82 Å². The van der Waals surface area contributed by atoms with Crippen LogP contribution in [-0.2, 0) is 6.42 Å². The summed E-state index contributed by atoms with van der Waals surface area (Å²) in [5.74, 6) is 0.104. The Labute approximate surface area is 151 Å². The zero-order valence-electron chi connectivity index (χ0n) is 14.5. The monoisotopic (exact) mass is 357 g/mol. The Bertz CT molecular complexity index is 783. The van der Waals surface area contributed by atoms with Crippen LogP contribution in [0.3, 0.4) is 0 Å². The van der Waals surface area contributed by atoms with Crippen LogP contribution in [0.25, 0.3) is 0 Å². The van der Waals surface area contributed by atoms with Crippen LogP contribution >= 0.6 is 0 Å². The second-order valence-corrected chi connectivity index (χ2v) is 6.38. The highest BCUT2D eigenvalue weighted by atomic mass is 16.5. The number of likely N-dealkylation sites (tertiary alicyclic amines) is 1. The lowest BCUT2D eigenvalue weighted by Gasteiger charge is -2.15. The minimum absolute atomic E-state index is 0.0114. The number of carbonyl (C=O) groups excluding carboxylic acids is 1. The molecule has 8 nitrogen and oxygen atoms in total. The highest BCUT2D eigenvalue weighted by molar-refractivity contribution is 5.94. The maximum atomic E-state index is 11.3. The van der Waals surface area contributed by atoms with Gasteiger partial charge in [-0.05, 0) is 24.1 Å². The molecule has 2 heterocycles. The summed E-state index contributed by atoms with van der Waals surface area (Å²) in [6.07, 6.45) is 2.63. The number of ether oxygens (including phenoxy) is 1. The smallest absolute Gasteiger partial charge is 0.271 e. The van der Waals surface area contributed by atoms with E-state index in [2.05, 4.69) is 14.9 Å². The van der Waals surface area contributed by atoms with Crippen molar-refractivity contribution in [3.63, 3.8) is 0 Å². The van der Waals surface area contributed by atoms with E-state index in [-0.39, 0.29) is 17.6 Å². The first-order valence-electron chi connectivity index (χ1n) is 8.54. The minimum Gasteiger partial charge on any atom is -0.492 e.